The Balaban J connectivity index is 1.66. The summed E-state index contributed by atoms with van der Waals surface area (Å²) < 4.78 is 11.2. The van der Waals surface area contributed by atoms with Crippen LogP contribution in [0.2, 0.25) is 0 Å². The van der Waals surface area contributed by atoms with E-state index in [0.717, 1.165) is 15.3 Å². The number of hydrogen-bond acceptors (Lipinski definition) is 6. The zero-order valence-corrected chi connectivity index (χ0v) is 20.3. The Morgan fingerprint density at radius 3 is 2.38 bits per heavy atom. The lowest BCUT2D eigenvalue weighted by molar-refractivity contribution is -0.148. The van der Waals surface area contributed by atoms with Crippen molar-refractivity contribution in [3.05, 3.63) is 104 Å². The highest BCUT2D eigenvalue weighted by Gasteiger charge is 2.28. The van der Waals surface area contributed by atoms with Crippen LogP contribution in [0, 0.1) is 6.92 Å². The fourth-order valence-electron chi connectivity index (χ4n) is 3.37. The van der Waals surface area contributed by atoms with Gasteiger partial charge in [0.15, 0.2) is 0 Å². The molecule has 0 saturated heterocycles. The Morgan fingerprint density at radius 1 is 0.941 bits per heavy atom. The van der Waals surface area contributed by atoms with Crippen molar-refractivity contribution in [3.8, 4) is 5.75 Å². The average Bonchev–Trinajstić information content (AvgIpc) is 3.56. The molecule has 5 nitrogen and oxygen atoms in total. The van der Waals surface area contributed by atoms with Crippen molar-refractivity contribution >= 4 is 51.9 Å². The SMILES string of the molecule is COc1ccc(C)cc1NC(=O)C(OC(=O)C(=Cc1cccs1)c1cccs1)c1ccccc1. The predicted octanol–water partition coefficient (Wildman–Crippen LogP) is 6.59. The van der Waals surface area contributed by atoms with Crippen molar-refractivity contribution in [2.45, 2.75) is 13.0 Å². The van der Waals surface area contributed by atoms with Crippen LogP contribution in [0.15, 0.2) is 83.6 Å². The maximum absolute atomic E-state index is 13.4. The molecule has 0 aliphatic carbocycles. The van der Waals surface area contributed by atoms with Gasteiger partial charge in [0.25, 0.3) is 5.91 Å². The molecule has 0 fully saturated rings. The topological polar surface area (TPSA) is 64.6 Å². The Hall–Kier alpha value is -3.68. The van der Waals surface area contributed by atoms with Crippen LogP contribution in [0.5, 0.6) is 5.75 Å². The van der Waals surface area contributed by atoms with E-state index in [1.54, 1.807) is 36.4 Å². The zero-order valence-electron chi connectivity index (χ0n) is 18.7. The molecule has 1 N–H and O–H groups in total. The minimum atomic E-state index is -1.15. The maximum atomic E-state index is 13.4. The van der Waals surface area contributed by atoms with Crippen molar-refractivity contribution in [3.63, 3.8) is 0 Å². The van der Waals surface area contributed by atoms with Gasteiger partial charge in [-0.25, -0.2) is 4.79 Å². The molecule has 2 aromatic heterocycles. The molecule has 34 heavy (non-hydrogen) atoms. The summed E-state index contributed by atoms with van der Waals surface area (Å²) in [6.45, 7) is 1.92. The summed E-state index contributed by atoms with van der Waals surface area (Å²) in [4.78, 5) is 28.5. The van der Waals surface area contributed by atoms with E-state index in [9.17, 15) is 9.59 Å². The van der Waals surface area contributed by atoms with Gasteiger partial charge in [-0.05, 0) is 53.6 Å². The van der Waals surface area contributed by atoms with Crippen LogP contribution in [-0.4, -0.2) is 19.0 Å². The molecule has 7 heteroatoms. The smallest absolute Gasteiger partial charge is 0.340 e. The highest BCUT2D eigenvalue weighted by atomic mass is 32.1. The number of anilines is 1. The maximum Gasteiger partial charge on any atom is 0.340 e. The van der Waals surface area contributed by atoms with E-state index in [1.165, 1.54) is 29.8 Å². The Labute approximate surface area is 206 Å². The highest BCUT2D eigenvalue weighted by Crippen LogP contribution is 2.31. The van der Waals surface area contributed by atoms with E-state index in [-0.39, 0.29) is 0 Å². The minimum absolute atomic E-state index is 0.402. The van der Waals surface area contributed by atoms with E-state index < -0.39 is 18.0 Å². The van der Waals surface area contributed by atoms with Crippen molar-refractivity contribution in [1.29, 1.82) is 0 Å². The number of amides is 1. The van der Waals surface area contributed by atoms with Crippen LogP contribution in [0.4, 0.5) is 5.69 Å². The second-order valence-electron chi connectivity index (χ2n) is 7.44. The summed E-state index contributed by atoms with van der Waals surface area (Å²) in [7, 11) is 1.54. The molecular formula is C27H23NO4S2. The molecule has 4 aromatic rings. The molecule has 2 aromatic carbocycles. The van der Waals surface area contributed by atoms with Gasteiger partial charge in [0.2, 0.25) is 6.10 Å². The van der Waals surface area contributed by atoms with Crippen molar-refractivity contribution in [1.82, 2.24) is 0 Å². The van der Waals surface area contributed by atoms with Crippen LogP contribution in [-0.2, 0) is 14.3 Å². The number of nitrogens with one attached hydrogen (secondary N) is 1. The van der Waals surface area contributed by atoms with Gasteiger partial charge in [-0.3, -0.25) is 4.79 Å². The third-order valence-corrected chi connectivity index (χ3v) is 6.74. The van der Waals surface area contributed by atoms with Crippen LogP contribution in [0.25, 0.3) is 11.6 Å². The van der Waals surface area contributed by atoms with E-state index in [1.807, 2.05) is 60.1 Å². The minimum Gasteiger partial charge on any atom is -0.495 e. The second kappa shape index (κ2) is 11.0. The fourth-order valence-corrected chi connectivity index (χ4v) is 4.75. The first kappa shape index (κ1) is 23.5. The first-order chi connectivity index (χ1) is 16.5. The zero-order chi connectivity index (χ0) is 23.9. The number of benzene rings is 2. The summed E-state index contributed by atoms with van der Waals surface area (Å²) in [5, 5.41) is 6.71. The predicted molar refractivity (Wildman–Crippen MR) is 138 cm³/mol. The van der Waals surface area contributed by atoms with Crippen molar-refractivity contribution in [2.75, 3.05) is 12.4 Å². The summed E-state index contributed by atoms with van der Waals surface area (Å²) in [5.41, 5.74) is 2.45. The lowest BCUT2D eigenvalue weighted by Gasteiger charge is -2.20. The molecule has 0 spiro atoms. The lowest BCUT2D eigenvalue weighted by Crippen LogP contribution is -2.26. The number of thiophene rings is 2. The molecule has 0 radical (unpaired) electrons. The van der Waals surface area contributed by atoms with Gasteiger partial charge >= 0.3 is 5.97 Å². The Kier molecular flexibility index (Phi) is 7.57. The summed E-state index contributed by atoms with van der Waals surface area (Å²) in [6, 6.07) is 22.1. The Bertz CT molecular complexity index is 1280. The normalized spacial score (nSPS) is 12.1. The van der Waals surface area contributed by atoms with E-state index in [4.69, 9.17) is 9.47 Å². The van der Waals surface area contributed by atoms with Crippen molar-refractivity contribution < 1.29 is 19.1 Å². The molecular weight excluding hydrogens is 466 g/mol. The quantitative estimate of drug-likeness (QED) is 0.224. The van der Waals surface area contributed by atoms with E-state index in [2.05, 4.69) is 5.32 Å². The molecule has 172 valence electrons. The molecule has 0 bridgehead atoms. The number of aryl methyl sites for hydroxylation is 1. The lowest BCUT2D eigenvalue weighted by atomic mass is 10.1. The summed E-state index contributed by atoms with van der Waals surface area (Å²) >= 11 is 2.96. The molecule has 2 heterocycles. The van der Waals surface area contributed by atoms with Gasteiger partial charge in [-0.15, -0.1) is 22.7 Å². The number of ether oxygens (including phenoxy) is 2. The molecule has 0 aliphatic rings. The number of esters is 1. The number of carbonyl (C=O) groups excluding carboxylic acids is 2. The first-order valence-electron chi connectivity index (χ1n) is 10.6. The van der Waals surface area contributed by atoms with E-state index >= 15 is 0 Å². The number of carbonyl (C=O) groups is 2. The summed E-state index contributed by atoms with van der Waals surface area (Å²) in [5.74, 6) is -0.518. The van der Waals surface area contributed by atoms with Gasteiger partial charge in [-0.2, -0.15) is 0 Å². The molecule has 1 atom stereocenters. The van der Waals surface area contributed by atoms with Crippen LogP contribution in [0.3, 0.4) is 0 Å². The van der Waals surface area contributed by atoms with Crippen LogP contribution < -0.4 is 10.1 Å². The molecule has 1 unspecified atom stereocenters. The van der Waals surface area contributed by atoms with E-state index in [0.29, 0.717) is 22.6 Å². The Morgan fingerprint density at radius 2 is 1.71 bits per heavy atom. The highest BCUT2D eigenvalue weighted by molar-refractivity contribution is 7.12. The van der Waals surface area contributed by atoms with Crippen LogP contribution >= 0.6 is 22.7 Å². The molecule has 4 rings (SSSR count). The third kappa shape index (κ3) is 5.62. The van der Waals surface area contributed by atoms with Gasteiger partial charge in [-0.1, -0.05) is 48.5 Å². The van der Waals surface area contributed by atoms with Gasteiger partial charge in [0.1, 0.15) is 5.75 Å². The van der Waals surface area contributed by atoms with Crippen molar-refractivity contribution in [2.24, 2.45) is 0 Å². The molecule has 0 aliphatic heterocycles. The number of methoxy groups -OCH3 is 1. The van der Waals surface area contributed by atoms with Gasteiger partial charge in [0, 0.05) is 15.3 Å². The number of rotatable bonds is 8. The molecule has 1 amide bonds. The van der Waals surface area contributed by atoms with Crippen LogP contribution in [0.1, 0.15) is 27.0 Å². The third-order valence-electron chi connectivity index (χ3n) is 5.01. The molecule has 0 saturated carbocycles. The fraction of sp³-hybridized carbons (Fsp3) is 0.111. The average molecular weight is 490 g/mol. The largest absolute Gasteiger partial charge is 0.495 e. The summed E-state index contributed by atoms with van der Waals surface area (Å²) in [6.07, 6.45) is 0.646. The number of hydrogen-bond donors (Lipinski definition) is 1. The second-order valence-corrected chi connectivity index (χ2v) is 9.37. The van der Waals surface area contributed by atoms with Gasteiger partial charge in [0.05, 0.1) is 18.4 Å². The van der Waals surface area contributed by atoms with Gasteiger partial charge < -0.3 is 14.8 Å². The standard InChI is InChI=1S/C27H23NO4S2/c1-18-12-13-23(31-2)22(16-18)28-26(29)25(19-8-4-3-5-9-19)32-27(30)21(24-11-7-15-34-24)17-20-10-6-14-33-20/h3-17,25H,1-2H3,(H,28,29). The monoisotopic (exact) mass is 489 g/mol. The first-order valence-corrected chi connectivity index (χ1v) is 12.3.